The van der Waals surface area contributed by atoms with Crippen molar-refractivity contribution in [3.63, 3.8) is 0 Å². The molecule has 7 heteroatoms. The zero-order chi connectivity index (χ0) is 22.0. The minimum atomic E-state index is -0.188. The Bertz CT molecular complexity index is 1130. The van der Waals surface area contributed by atoms with Crippen LogP contribution in [0, 0.1) is 19.8 Å². The van der Waals surface area contributed by atoms with Gasteiger partial charge < -0.3 is 10.1 Å². The average Bonchev–Trinajstić information content (AvgIpc) is 3.52. The van der Waals surface area contributed by atoms with Crippen LogP contribution in [-0.4, -0.2) is 39.5 Å². The summed E-state index contributed by atoms with van der Waals surface area (Å²) in [7, 11) is 1.90. The Morgan fingerprint density at radius 2 is 2.16 bits per heavy atom. The lowest BCUT2D eigenvalue weighted by atomic mass is 9.99. The van der Waals surface area contributed by atoms with Crippen molar-refractivity contribution in [2.45, 2.75) is 40.2 Å². The SMILES string of the molecule is CCN=C(c1c(C)cc(OCC(=O)NCc2cccc3cnn(C)c23)nc1C)C1CC1.[HH]. The highest BCUT2D eigenvalue weighted by Crippen LogP contribution is 2.35. The summed E-state index contributed by atoms with van der Waals surface area (Å²) in [6, 6.07) is 7.88. The van der Waals surface area contributed by atoms with E-state index in [4.69, 9.17) is 9.73 Å². The third-order valence-corrected chi connectivity index (χ3v) is 5.59. The molecule has 0 spiro atoms. The monoisotopic (exact) mass is 421 g/mol. The van der Waals surface area contributed by atoms with Crippen molar-refractivity contribution in [1.29, 1.82) is 0 Å². The van der Waals surface area contributed by atoms with Gasteiger partial charge in [0.15, 0.2) is 6.61 Å². The number of benzene rings is 1. The Morgan fingerprint density at radius 1 is 1.35 bits per heavy atom. The van der Waals surface area contributed by atoms with E-state index < -0.39 is 0 Å². The van der Waals surface area contributed by atoms with Gasteiger partial charge in [0.2, 0.25) is 5.88 Å². The zero-order valence-corrected chi connectivity index (χ0v) is 18.6. The highest BCUT2D eigenvalue weighted by molar-refractivity contribution is 6.05. The maximum atomic E-state index is 12.4. The predicted molar refractivity (Wildman–Crippen MR) is 124 cm³/mol. The molecule has 31 heavy (non-hydrogen) atoms. The average molecular weight is 422 g/mol. The molecule has 1 saturated carbocycles. The molecular formula is C24H31N5O2. The molecule has 1 amide bonds. The van der Waals surface area contributed by atoms with Crippen molar-refractivity contribution in [3.8, 4) is 5.88 Å². The number of fused-ring (bicyclic) bond motifs is 1. The third kappa shape index (κ3) is 4.60. The smallest absolute Gasteiger partial charge is 0.258 e. The lowest BCUT2D eigenvalue weighted by molar-refractivity contribution is -0.123. The van der Waals surface area contributed by atoms with Gasteiger partial charge in [-0.25, -0.2) is 4.98 Å². The number of hydrogen-bond donors (Lipinski definition) is 1. The molecule has 7 nitrogen and oxygen atoms in total. The van der Waals surface area contributed by atoms with E-state index in [1.807, 2.05) is 49.1 Å². The first-order chi connectivity index (χ1) is 15.0. The van der Waals surface area contributed by atoms with Gasteiger partial charge in [-0.05, 0) is 44.7 Å². The van der Waals surface area contributed by atoms with Crippen molar-refractivity contribution in [2.75, 3.05) is 13.2 Å². The van der Waals surface area contributed by atoms with Gasteiger partial charge in [-0.15, -0.1) is 0 Å². The first-order valence-corrected chi connectivity index (χ1v) is 10.8. The summed E-state index contributed by atoms with van der Waals surface area (Å²) in [6.07, 6.45) is 4.22. The van der Waals surface area contributed by atoms with Crippen molar-refractivity contribution >= 4 is 22.5 Å². The maximum Gasteiger partial charge on any atom is 0.258 e. The highest BCUT2D eigenvalue weighted by Gasteiger charge is 2.30. The van der Waals surface area contributed by atoms with Crippen LogP contribution in [0.5, 0.6) is 5.88 Å². The molecule has 0 saturated heterocycles. The minimum Gasteiger partial charge on any atom is -0.468 e. The van der Waals surface area contributed by atoms with E-state index in [2.05, 4.69) is 29.2 Å². The number of amides is 1. The molecule has 0 bridgehead atoms. The number of hydrogen-bond acceptors (Lipinski definition) is 5. The second-order valence-electron chi connectivity index (χ2n) is 8.06. The highest BCUT2D eigenvalue weighted by atomic mass is 16.5. The maximum absolute atomic E-state index is 12.4. The number of pyridine rings is 1. The molecule has 1 aromatic carbocycles. The number of carbonyl (C=O) groups excluding carboxylic acids is 1. The van der Waals surface area contributed by atoms with Gasteiger partial charge in [0.05, 0.1) is 17.4 Å². The Morgan fingerprint density at radius 3 is 2.87 bits per heavy atom. The lowest BCUT2D eigenvalue weighted by Crippen LogP contribution is -2.28. The molecule has 3 aromatic rings. The Labute approximate surface area is 184 Å². The number of aromatic nitrogens is 3. The van der Waals surface area contributed by atoms with Gasteiger partial charge >= 0.3 is 0 Å². The summed E-state index contributed by atoms with van der Waals surface area (Å²) < 4.78 is 7.53. The van der Waals surface area contributed by atoms with Crippen LogP contribution < -0.4 is 10.1 Å². The molecule has 1 fully saturated rings. The Balaban J connectivity index is 0.00000289. The van der Waals surface area contributed by atoms with Crippen molar-refractivity contribution in [1.82, 2.24) is 20.1 Å². The largest absolute Gasteiger partial charge is 0.468 e. The minimum absolute atomic E-state index is 0. The summed E-state index contributed by atoms with van der Waals surface area (Å²) in [5.41, 5.74) is 6.32. The fraction of sp³-hybridized carbons (Fsp3) is 0.417. The number of para-hydroxylation sites is 1. The topological polar surface area (TPSA) is 81.4 Å². The number of carbonyl (C=O) groups is 1. The normalized spacial score (nSPS) is 14.1. The Hall–Kier alpha value is -3.22. The summed E-state index contributed by atoms with van der Waals surface area (Å²) in [6.45, 7) is 7.21. The van der Waals surface area contributed by atoms with E-state index in [1.54, 1.807) is 0 Å². The van der Waals surface area contributed by atoms with Crippen molar-refractivity contribution in [2.24, 2.45) is 18.0 Å². The van der Waals surface area contributed by atoms with E-state index in [9.17, 15) is 4.79 Å². The van der Waals surface area contributed by atoms with Crippen LogP contribution in [0.3, 0.4) is 0 Å². The Kier molecular flexibility index (Phi) is 6.02. The van der Waals surface area contributed by atoms with Crippen LogP contribution in [0.15, 0.2) is 35.5 Å². The molecule has 0 radical (unpaired) electrons. The van der Waals surface area contributed by atoms with Gasteiger partial charge in [-0.1, -0.05) is 18.2 Å². The van der Waals surface area contributed by atoms with E-state index in [0.29, 0.717) is 18.3 Å². The van der Waals surface area contributed by atoms with Crippen LogP contribution >= 0.6 is 0 Å². The van der Waals surface area contributed by atoms with E-state index in [1.165, 1.54) is 18.6 Å². The quantitative estimate of drug-likeness (QED) is 0.562. The summed E-state index contributed by atoms with van der Waals surface area (Å²) >= 11 is 0. The molecule has 0 atom stereocenters. The first-order valence-electron chi connectivity index (χ1n) is 10.8. The zero-order valence-electron chi connectivity index (χ0n) is 18.6. The molecule has 0 aliphatic heterocycles. The van der Waals surface area contributed by atoms with Crippen LogP contribution in [0.25, 0.3) is 10.9 Å². The fourth-order valence-corrected chi connectivity index (χ4v) is 4.04. The molecule has 1 N–H and O–H groups in total. The third-order valence-electron chi connectivity index (χ3n) is 5.59. The summed E-state index contributed by atoms with van der Waals surface area (Å²) in [5, 5.41) is 8.26. The number of nitrogens with zero attached hydrogens (tertiary/aromatic N) is 4. The van der Waals surface area contributed by atoms with Gasteiger partial charge in [0, 0.05) is 50.2 Å². The van der Waals surface area contributed by atoms with Crippen LogP contribution in [0.2, 0.25) is 0 Å². The molecule has 164 valence electrons. The van der Waals surface area contributed by atoms with Crippen molar-refractivity contribution in [3.05, 3.63) is 52.8 Å². The van der Waals surface area contributed by atoms with Gasteiger partial charge in [0.25, 0.3) is 5.91 Å². The molecule has 2 heterocycles. The van der Waals surface area contributed by atoms with Crippen LogP contribution in [0.4, 0.5) is 0 Å². The number of aryl methyl sites for hydroxylation is 3. The molecule has 1 aliphatic rings. The van der Waals surface area contributed by atoms with Gasteiger partial charge in [-0.2, -0.15) is 5.10 Å². The van der Waals surface area contributed by atoms with Gasteiger partial charge in [-0.3, -0.25) is 14.5 Å². The van der Waals surface area contributed by atoms with E-state index >= 15 is 0 Å². The number of nitrogens with one attached hydrogen (secondary N) is 1. The van der Waals surface area contributed by atoms with Crippen molar-refractivity contribution < 1.29 is 11.0 Å². The molecule has 4 rings (SSSR count). The first kappa shape index (κ1) is 21.0. The predicted octanol–water partition coefficient (Wildman–Crippen LogP) is 3.75. The lowest BCUT2D eigenvalue weighted by Gasteiger charge is -2.14. The molecule has 2 aromatic heterocycles. The summed E-state index contributed by atoms with van der Waals surface area (Å²) in [4.78, 5) is 21.7. The number of ether oxygens (including phenoxy) is 1. The van der Waals surface area contributed by atoms with Crippen LogP contribution in [0.1, 0.15) is 43.6 Å². The molecule has 1 aliphatic carbocycles. The summed E-state index contributed by atoms with van der Waals surface area (Å²) in [5.74, 6) is 0.835. The van der Waals surface area contributed by atoms with Gasteiger partial charge in [0.1, 0.15) is 0 Å². The number of aliphatic imine (C=N–C) groups is 1. The second-order valence-corrected chi connectivity index (χ2v) is 8.06. The molecular weight excluding hydrogens is 390 g/mol. The van der Waals surface area contributed by atoms with E-state index in [0.717, 1.165) is 39.8 Å². The fourth-order valence-electron chi connectivity index (χ4n) is 4.04. The second kappa shape index (κ2) is 8.88. The molecule has 0 unspecified atom stereocenters. The number of rotatable bonds is 8. The standard InChI is InChI=1S/C24H29N5O2.H2/c1-5-25-23(17-9-10-17)22-15(2)11-21(28-16(22)3)31-14-20(30)26-12-18-7-6-8-19-13-27-29(4)24(18)19;/h6-8,11,13,17H,5,9-10,12,14H2,1-4H3,(H,26,30);1H. The van der Waals surface area contributed by atoms with Crippen LogP contribution in [-0.2, 0) is 18.4 Å². The van der Waals surface area contributed by atoms with E-state index in [-0.39, 0.29) is 13.9 Å².